The normalized spacial score (nSPS) is 16.1. The van der Waals surface area contributed by atoms with Gasteiger partial charge >= 0.3 is 6.18 Å². The summed E-state index contributed by atoms with van der Waals surface area (Å²) in [5.41, 5.74) is 1.60. The van der Waals surface area contributed by atoms with Crippen molar-refractivity contribution in [2.75, 3.05) is 13.7 Å². The first-order chi connectivity index (χ1) is 14.7. The molecule has 0 aliphatic carbocycles. The van der Waals surface area contributed by atoms with Crippen LogP contribution in [0.3, 0.4) is 0 Å². The third-order valence-electron chi connectivity index (χ3n) is 5.04. The van der Waals surface area contributed by atoms with Crippen LogP contribution < -0.4 is 4.74 Å². The minimum absolute atomic E-state index is 0.0959. The Kier molecular flexibility index (Phi) is 6.87. The van der Waals surface area contributed by atoms with Crippen molar-refractivity contribution in [1.82, 2.24) is 4.90 Å². The minimum Gasteiger partial charge on any atom is -0.497 e. The number of ether oxygens (including phenoxy) is 1. The van der Waals surface area contributed by atoms with E-state index in [1.54, 1.807) is 25.9 Å². The van der Waals surface area contributed by atoms with Gasteiger partial charge in [0.2, 0.25) is 5.91 Å². The number of benzene rings is 2. The molecule has 166 valence electrons. The fourth-order valence-corrected chi connectivity index (χ4v) is 3.34. The number of hydrogen-bond donors (Lipinski definition) is 0. The third kappa shape index (κ3) is 5.77. The van der Waals surface area contributed by atoms with Crippen molar-refractivity contribution in [3.05, 3.63) is 65.2 Å². The van der Waals surface area contributed by atoms with E-state index in [0.29, 0.717) is 18.5 Å². The molecule has 0 aromatic heterocycles. The molecule has 2 aromatic carbocycles. The second-order valence-corrected chi connectivity index (χ2v) is 7.77. The largest absolute Gasteiger partial charge is 0.497 e. The topological polar surface area (TPSA) is 51.1 Å². The van der Waals surface area contributed by atoms with Crippen molar-refractivity contribution in [1.29, 1.82) is 0 Å². The minimum atomic E-state index is -4.39. The number of halogens is 3. The van der Waals surface area contributed by atoms with E-state index in [9.17, 15) is 18.0 Å². The van der Waals surface area contributed by atoms with Gasteiger partial charge in [0.25, 0.3) is 0 Å². The summed E-state index contributed by atoms with van der Waals surface area (Å²) in [6, 6.07) is 12.3. The van der Waals surface area contributed by atoms with Crippen molar-refractivity contribution in [3.8, 4) is 5.75 Å². The third-order valence-corrected chi connectivity index (χ3v) is 5.04. The molecule has 31 heavy (non-hydrogen) atoms. The molecule has 8 heteroatoms. The molecule has 0 fully saturated rings. The van der Waals surface area contributed by atoms with Gasteiger partial charge in [-0.1, -0.05) is 31.1 Å². The zero-order valence-electron chi connectivity index (χ0n) is 17.6. The van der Waals surface area contributed by atoms with Crippen LogP contribution in [-0.4, -0.2) is 36.3 Å². The van der Waals surface area contributed by atoms with Gasteiger partial charge in [-0.2, -0.15) is 13.2 Å². The van der Waals surface area contributed by atoms with Crippen molar-refractivity contribution in [3.63, 3.8) is 0 Å². The first kappa shape index (κ1) is 22.7. The number of alkyl halides is 3. The Balaban J connectivity index is 1.67. The van der Waals surface area contributed by atoms with Gasteiger partial charge in [0, 0.05) is 18.9 Å². The Labute approximate surface area is 179 Å². The average Bonchev–Trinajstić information content (AvgIpc) is 3.21. The van der Waals surface area contributed by atoms with Crippen LogP contribution in [-0.2, 0) is 22.4 Å². The van der Waals surface area contributed by atoms with Crippen LogP contribution in [0, 0.1) is 5.92 Å². The van der Waals surface area contributed by atoms with Gasteiger partial charge in [0.1, 0.15) is 5.75 Å². The van der Waals surface area contributed by atoms with E-state index in [0.717, 1.165) is 29.2 Å². The molecular formula is C23H25F3N2O3. The second kappa shape index (κ2) is 9.41. The van der Waals surface area contributed by atoms with E-state index < -0.39 is 11.7 Å². The zero-order valence-corrected chi connectivity index (χ0v) is 17.6. The van der Waals surface area contributed by atoms with E-state index >= 15 is 0 Å². The summed E-state index contributed by atoms with van der Waals surface area (Å²) in [6.45, 7) is 4.07. The number of nitrogens with zero attached hydrogens (tertiary/aromatic N) is 2. The predicted octanol–water partition coefficient (Wildman–Crippen LogP) is 4.89. The van der Waals surface area contributed by atoms with Gasteiger partial charge in [-0.05, 0) is 47.5 Å². The zero-order chi connectivity index (χ0) is 22.6. The molecular weight excluding hydrogens is 409 g/mol. The molecule has 0 saturated heterocycles. The average molecular weight is 434 g/mol. The number of methoxy groups -OCH3 is 1. The summed E-state index contributed by atoms with van der Waals surface area (Å²) in [5, 5.41) is 4.16. The van der Waals surface area contributed by atoms with Crippen LogP contribution in [0.1, 0.15) is 37.0 Å². The van der Waals surface area contributed by atoms with Gasteiger partial charge in [0.05, 0.1) is 24.9 Å². The fraction of sp³-hybridized carbons (Fsp3) is 0.391. The molecule has 5 nitrogen and oxygen atoms in total. The van der Waals surface area contributed by atoms with Crippen molar-refractivity contribution in [2.24, 2.45) is 11.1 Å². The van der Waals surface area contributed by atoms with E-state index in [4.69, 9.17) is 9.57 Å². The summed E-state index contributed by atoms with van der Waals surface area (Å²) in [6.07, 6.45) is -4.19. The van der Waals surface area contributed by atoms with Gasteiger partial charge in [-0.15, -0.1) is 0 Å². The van der Waals surface area contributed by atoms with Gasteiger partial charge in [-0.3, -0.25) is 4.79 Å². The highest BCUT2D eigenvalue weighted by atomic mass is 19.4. The summed E-state index contributed by atoms with van der Waals surface area (Å²) in [5.74, 6) is 0.393. The maximum atomic E-state index is 12.8. The molecule has 3 rings (SSSR count). The van der Waals surface area contributed by atoms with Gasteiger partial charge < -0.3 is 14.5 Å². The number of amides is 1. The smallest absolute Gasteiger partial charge is 0.416 e. The fourth-order valence-electron chi connectivity index (χ4n) is 3.34. The molecule has 2 aromatic rings. The van der Waals surface area contributed by atoms with E-state index in [1.165, 1.54) is 12.1 Å². The SMILES string of the molecule is COc1ccc(C2=NOC(CN(Cc3ccc(C(F)(F)F)cc3)C(=O)C(C)C)C2)cc1. The van der Waals surface area contributed by atoms with Crippen LogP contribution in [0.4, 0.5) is 13.2 Å². The summed E-state index contributed by atoms with van der Waals surface area (Å²) in [7, 11) is 1.60. The lowest BCUT2D eigenvalue weighted by molar-refractivity contribution is -0.138. The molecule has 0 N–H and O–H groups in total. The molecule has 1 aliphatic rings. The maximum Gasteiger partial charge on any atom is 0.416 e. The van der Waals surface area contributed by atoms with Crippen molar-refractivity contribution < 1.29 is 27.5 Å². The number of oxime groups is 1. The molecule has 1 amide bonds. The highest BCUT2D eigenvalue weighted by Crippen LogP contribution is 2.29. The molecule has 0 radical (unpaired) electrons. The monoisotopic (exact) mass is 434 g/mol. The lowest BCUT2D eigenvalue weighted by Gasteiger charge is -2.26. The molecule has 1 unspecified atom stereocenters. The first-order valence-electron chi connectivity index (χ1n) is 9.99. The van der Waals surface area contributed by atoms with Gasteiger partial charge in [0.15, 0.2) is 6.10 Å². The van der Waals surface area contributed by atoms with Crippen LogP contribution in [0.5, 0.6) is 5.75 Å². The van der Waals surface area contributed by atoms with Crippen molar-refractivity contribution >= 4 is 11.6 Å². The quantitative estimate of drug-likeness (QED) is 0.623. The Morgan fingerprint density at radius 2 is 1.81 bits per heavy atom. The highest BCUT2D eigenvalue weighted by molar-refractivity contribution is 6.01. The number of carbonyl (C=O) groups is 1. The molecule has 0 saturated carbocycles. The summed E-state index contributed by atoms with van der Waals surface area (Å²) in [4.78, 5) is 19.9. The number of hydrogen-bond acceptors (Lipinski definition) is 4. The Bertz CT molecular complexity index is 923. The maximum absolute atomic E-state index is 12.8. The predicted molar refractivity (Wildman–Crippen MR) is 111 cm³/mol. The van der Waals surface area contributed by atoms with Crippen LogP contribution in [0.2, 0.25) is 0 Å². The lowest BCUT2D eigenvalue weighted by atomic mass is 10.0. The van der Waals surface area contributed by atoms with Crippen molar-refractivity contribution in [2.45, 2.75) is 39.1 Å². The Morgan fingerprint density at radius 3 is 2.35 bits per heavy atom. The summed E-state index contributed by atoms with van der Waals surface area (Å²) < 4.78 is 43.6. The molecule has 0 spiro atoms. The summed E-state index contributed by atoms with van der Waals surface area (Å²) >= 11 is 0. The molecule has 0 bridgehead atoms. The van der Waals surface area contributed by atoms with Crippen LogP contribution >= 0.6 is 0 Å². The molecule has 1 aliphatic heterocycles. The highest BCUT2D eigenvalue weighted by Gasteiger charge is 2.31. The second-order valence-electron chi connectivity index (χ2n) is 7.77. The first-order valence-corrected chi connectivity index (χ1v) is 9.99. The van der Waals surface area contributed by atoms with E-state index in [2.05, 4.69) is 5.16 Å². The van der Waals surface area contributed by atoms with E-state index in [-0.39, 0.29) is 24.5 Å². The molecule has 1 heterocycles. The Morgan fingerprint density at radius 1 is 1.16 bits per heavy atom. The molecule has 1 atom stereocenters. The lowest BCUT2D eigenvalue weighted by Crippen LogP contribution is -2.39. The van der Waals surface area contributed by atoms with Gasteiger partial charge in [-0.25, -0.2) is 0 Å². The standard InChI is InChI=1S/C23H25F3N2O3/c1-15(2)22(29)28(13-16-4-8-18(9-5-16)23(24,25)26)14-20-12-21(27-31-20)17-6-10-19(30-3)11-7-17/h4-11,15,20H,12-14H2,1-3H3. The number of carbonyl (C=O) groups excluding carboxylic acids is 1. The van der Waals surface area contributed by atoms with E-state index in [1.807, 2.05) is 24.3 Å². The number of rotatable bonds is 7. The Hall–Kier alpha value is -3.03. The van der Waals surface area contributed by atoms with Crippen LogP contribution in [0.15, 0.2) is 53.7 Å². The van der Waals surface area contributed by atoms with Crippen LogP contribution in [0.25, 0.3) is 0 Å².